The fraction of sp³-hybridized carbons (Fsp3) is 0.500. The smallest absolute Gasteiger partial charge is 0.416 e. The van der Waals surface area contributed by atoms with E-state index in [1.807, 2.05) is 0 Å². The summed E-state index contributed by atoms with van der Waals surface area (Å²) in [6.07, 6.45) is 2.77. The minimum Gasteiger partial charge on any atom is -0.504 e. The lowest BCUT2D eigenvalue weighted by molar-refractivity contribution is -0.137. The molecule has 126 valence electrons. The fourth-order valence-electron chi connectivity index (χ4n) is 3.04. The molecule has 0 heterocycles. The Morgan fingerprint density at radius 3 is 2.57 bits per heavy atom. The number of methoxy groups -OCH3 is 1. The van der Waals surface area contributed by atoms with Gasteiger partial charge >= 0.3 is 6.18 Å². The highest BCUT2D eigenvalue weighted by Crippen LogP contribution is 2.33. The summed E-state index contributed by atoms with van der Waals surface area (Å²) in [5, 5.41) is 0. The van der Waals surface area contributed by atoms with Crippen LogP contribution in [-0.2, 0) is 10.9 Å². The van der Waals surface area contributed by atoms with Gasteiger partial charge in [-0.05, 0) is 49.3 Å². The summed E-state index contributed by atoms with van der Waals surface area (Å²) in [6, 6.07) is 4.45. The molecule has 0 aliphatic heterocycles. The predicted octanol–water partition coefficient (Wildman–Crippen LogP) is 5.39. The lowest BCUT2D eigenvalue weighted by Gasteiger charge is -2.24. The first kappa shape index (κ1) is 17.6. The number of ether oxygens (including phenoxy) is 1. The van der Waals surface area contributed by atoms with Crippen LogP contribution in [0.1, 0.15) is 54.4 Å². The minimum atomic E-state index is -4.37. The summed E-state index contributed by atoms with van der Waals surface area (Å²) >= 11 is 0. The minimum absolute atomic E-state index is 0.110. The van der Waals surface area contributed by atoms with Crippen molar-refractivity contribution in [3.8, 4) is 0 Å². The van der Waals surface area contributed by atoms with Crippen LogP contribution in [0.2, 0.25) is 0 Å². The summed E-state index contributed by atoms with van der Waals surface area (Å²) in [7, 11) is 1.62. The molecule has 1 aromatic carbocycles. The number of hydrogen-bond acceptors (Lipinski definition) is 2. The van der Waals surface area contributed by atoms with Gasteiger partial charge in [0.1, 0.15) is 0 Å². The molecule has 1 aliphatic carbocycles. The van der Waals surface area contributed by atoms with Crippen LogP contribution < -0.4 is 0 Å². The molecule has 0 unspecified atom stereocenters. The van der Waals surface area contributed by atoms with Crippen LogP contribution in [0.15, 0.2) is 36.1 Å². The molecule has 0 amide bonds. The number of alkyl halides is 3. The molecule has 1 fully saturated rings. The Morgan fingerprint density at radius 2 is 1.96 bits per heavy atom. The quantitative estimate of drug-likeness (QED) is 0.536. The second-order valence-corrected chi connectivity index (χ2v) is 5.91. The highest BCUT2D eigenvalue weighted by molar-refractivity contribution is 5.96. The van der Waals surface area contributed by atoms with Crippen LogP contribution in [0, 0.1) is 5.92 Å². The molecular formula is C18H21F3O2. The van der Waals surface area contributed by atoms with E-state index >= 15 is 0 Å². The van der Waals surface area contributed by atoms with E-state index in [9.17, 15) is 18.0 Å². The van der Waals surface area contributed by atoms with Crippen LogP contribution in [0.25, 0.3) is 0 Å². The zero-order valence-electron chi connectivity index (χ0n) is 13.2. The number of halogens is 3. The zero-order valence-corrected chi connectivity index (χ0v) is 13.2. The van der Waals surface area contributed by atoms with Gasteiger partial charge in [-0.1, -0.05) is 18.6 Å². The third-order valence-corrected chi connectivity index (χ3v) is 4.32. The molecule has 2 nitrogen and oxygen atoms in total. The van der Waals surface area contributed by atoms with Gasteiger partial charge in [-0.2, -0.15) is 13.2 Å². The first-order valence-corrected chi connectivity index (χ1v) is 7.84. The van der Waals surface area contributed by atoms with Gasteiger partial charge in [0.25, 0.3) is 0 Å². The molecule has 1 aromatic rings. The third-order valence-electron chi connectivity index (χ3n) is 4.32. The molecule has 0 spiro atoms. The molecular weight excluding hydrogens is 305 g/mol. The number of hydrogen-bond donors (Lipinski definition) is 0. The van der Waals surface area contributed by atoms with Crippen molar-refractivity contribution < 1.29 is 22.7 Å². The Bertz CT molecular complexity index is 559. The monoisotopic (exact) mass is 326 g/mol. The standard InChI is InChI=1S/C18H21F3O2/c1-23-12-15-5-3-2-4-13(15)8-11-17(22)14-6-9-16(10-7-14)18(19,20)21/h6-7,9-10,12-13H,2-5,8,11H2,1H3/b15-12-/t13-/m1/s1. The summed E-state index contributed by atoms with van der Waals surface area (Å²) < 4.78 is 42.7. The molecule has 1 aliphatic rings. The lowest BCUT2D eigenvalue weighted by Crippen LogP contribution is -2.13. The Morgan fingerprint density at radius 1 is 1.26 bits per heavy atom. The molecule has 5 heteroatoms. The van der Waals surface area contributed by atoms with Crippen LogP contribution in [0.3, 0.4) is 0 Å². The Hall–Kier alpha value is -1.78. The van der Waals surface area contributed by atoms with Crippen molar-refractivity contribution in [2.24, 2.45) is 5.92 Å². The van der Waals surface area contributed by atoms with Crippen molar-refractivity contribution in [2.75, 3.05) is 7.11 Å². The van der Waals surface area contributed by atoms with Gasteiger partial charge < -0.3 is 4.74 Å². The average molecular weight is 326 g/mol. The maximum Gasteiger partial charge on any atom is 0.416 e. The largest absolute Gasteiger partial charge is 0.504 e. The molecule has 0 saturated heterocycles. The van der Waals surface area contributed by atoms with Crippen molar-refractivity contribution in [1.82, 2.24) is 0 Å². The van der Waals surface area contributed by atoms with Crippen molar-refractivity contribution in [3.05, 3.63) is 47.2 Å². The fourth-order valence-corrected chi connectivity index (χ4v) is 3.04. The molecule has 0 aromatic heterocycles. The first-order chi connectivity index (χ1) is 10.9. The average Bonchev–Trinajstić information content (AvgIpc) is 2.53. The number of carbonyl (C=O) groups excluding carboxylic acids is 1. The van der Waals surface area contributed by atoms with Crippen LogP contribution >= 0.6 is 0 Å². The van der Waals surface area contributed by atoms with Crippen LogP contribution in [0.4, 0.5) is 13.2 Å². The SMILES string of the molecule is CO/C=C1/CCCC[C@@H]1CCC(=O)c1ccc(C(F)(F)F)cc1. The lowest BCUT2D eigenvalue weighted by atomic mass is 9.81. The van der Waals surface area contributed by atoms with E-state index in [-0.39, 0.29) is 5.78 Å². The van der Waals surface area contributed by atoms with Gasteiger partial charge in [-0.3, -0.25) is 4.79 Å². The van der Waals surface area contributed by atoms with Gasteiger partial charge in [-0.25, -0.2) is 0 Å². The number of allylic oxidation sites excluding steroid dienone is 1. The zero-order chi connectivity index (χ0) is 16.9. The molecule has 1 atom stereocenters. The predicted molar refractivity (Wildman–Crippen MR) is 82.1 cm³/mol. The highest BCUT2D eigenvalue weighted by atomic mass is 19.4. The Kier molecular flexibility index (Phi) is 5.85. The van der Waals surface area contributed by atoms with Gasteiger partial charge in [0, 0.05) is 12.0 Å². The maximum absolute atomic E-state index is 12.5. The van der Waals surface area contributed by atoms with Crippen molar-refractivity contribution >= 4 is 5.78 Å². The van der Waals surface area contributed by atoms with Crippen LogP contribution in [0.5, 0.6) is 0 Å². The highest BCUT2D eigenvalue weighted by Gasteiger charge is 2.30. The molecule has 2 rings (SSSR count). The molecule has 0 radical (unpaired) electrons. The number of carbonyl (C=O) groups is 1. The van der Waals surface area contributed by atoms with Crippen molar-refractivity contribution in [3.63, 3.8) is 0 Å². The molecule has 0 bridgehead atoms. The first-order valence-electron chi connectivity index (χ1n) is 7.84. The van der Waals surface area contributed by atoms with E-state index in [4.69, 9.17) is 4.74 Å². The van der Waals surface area contributed by atoms with Gasteiger partial charge in [0.2, 0.25) is 0 Å². The van der Waals surface area contributed by atoms with E-state index < -0.39 is 11.7 Å². The molecule has 23 heavy (non-hydrogen) atoms. The molecule has 1 saturated carbocycles. The number of ketones is 1. The summed E-state index contributed by atoms with van der Waals surface area (Å²) in [5.74, 6) is 0.225. The van der Waals surface area contributed by atoms with Gasteiger partial charge in [0.05, 0.1) is 18.9 Å². The topological polar surface area (TPSA) is 26.3 Å². The van der Waals surface area contributed by atoms with Gasteiger partial charge in [-0.15, -0.1) is 0 Å². The number of rotatable bonds is 5. The van der Waals surface area contributed by atoms with Crippen molar-refractivity contribution in [2.45, 2.75) is 44.7 Å². The Labute approximate surface area is 134 Å². The second kappa shape index (κ2) is 7.66. The van der Waals surface area contributed by atoms with E-state index in [1.165, 1.54) is 17.7 Å². The summed E-state index contributed by atoms with van der Waals surface area (Å²) in [6.45, 7) is 0. The second-order valence-electron chi connectivity index (χ2n) is 5.91. The van der Waals surface area contributed by atoms with Crippen LogP contribution in [-0.4, -0.2) is 12.9 Å². The third kappa shape index (κ3) is 4.85. The van der Waals surface area contributed by atoms with E-state index in [0.717, 1.165) is 44.2 Å². The normalized spacial score (nSPS) is 20.5. The summed E-state index contributed by atoms with van der Waals surface area (Å²) in [5.41, 5.74) is 0.844. The Balaban J connectivity index is 1.95. The van der Waals surface area contributed by atoms with E-state index in [2.05, 4.69) is 0 Å². The summed E-state index contributed by atoms with van der Waals surface area (Å²) in [4.78, 5) is 12.2. The van der Waals surface area contributed by atoms with Gasteiger partial charge in [0.15, 0.2) is 5.78 Å². The number of benzene rings is 1. The number of Topliss-reactive ketones (excluding diaryl/α,β-unsaturated/α-hetero) is 1. The van der Waals surface area contributed by atoms with E-state index in [1.54, 1.807) is 13.4 Å². The van der Waals surface area contributed by atoms with Crippen molar-refractivity contribution in [1.29, 1.82) is 0 Å². The maximum atomic E-state index is 12.5. The van der Waals surface area contributed by atoms with E-state index in [0.29, 0.717) is 17.9 Å². The molecule has 0 N–H and O–H groups in total.